The smallest absolute Gasteiger partial charge is 0.261 e. The van der Waals surface area contributed by atoms with E-state index in [0.717, 1.165) is 31.2 Å². The zero-order chi connectivity index (χ0) is 20.4. The summed E-state index contributed by atoms with van der Waals surface area (Å²) in [6.45, 7) is 0.212. The van der Waals surface area contributed by atoms with Gasteiger partial charge in [-0.05, 0) is 49.1 Å². The molecule has 29 heavy (non-hydrogen) atoms. The van der Waals surface area contributed by atoms with E-state index in [2.05, 4.69) is 5.32 Å². The quantitative estimate of drug-likeness (QED) is 0.758. The van der Waals surface area contributed by atoms with Gasteiger partial charge >= 0.3 is 0 Å². The van der Waals surface area contributed by atoms with Crippen molar-refractivity contribution in [2.24, 2.45) is 0 Å². The average Bonchev–Trinajstić information content (AvgIpc) is 3.28. The first-order valence-electron chi connectivity index (χ1n) is 10.0. The Bertz CT molecular complexity index is 914. The zero-order valence-corrected chi connectivity index (χ0v) is 16.1. The molecule has 3 amide bonds. The van der Waals surface area contributed by atoms with Crippen molar-refractivity contribution in [1.82, 2.24) is 10.2 Å². The van der Waals surface area contributed by atoms with Gasteiger partial charge in [-0.1, -0.05) is 37.1 Å². The number of fused-ring (bicyclic) bond motifs is 1. The molecule has 2 aromatic carbocycles. The lowest BCUT2D eigenvalue weighted by atomic mass is 9.88. The predicted octanol–water partition coefficient (Wildman–Crippen LogP) is 3.79. The second-order valence-electron chi connectivity index (χ2n) is 7.76. The van der Waals surface area contributed by atoms with Gasteiger partial charge in [-0.3, -0.25) is 19.3 Å². The van der Waals surface area contributed by atoms with E-state index in [0.29, 0.717) is 17.5 Å². The highest BCUT2D eigenvalue weighted by atomic mass is 19.1. The molecular formula is C23H23FN2O3. The van der Waals surface area contributed by atoms with Gasteiger partial charge in [-0.25, -0.2) is 4.39 Å². The Kier molecular flexibility index (Phi) is 5.18. The predicted molar refractivity (Wildman–Crippen MR) is 106 cm³/mol. The second-order valence-corrected chi connectivity index (χ2v) is 7.76. The van der Waals surface area contributed by atoms with Crippen LogP contribution in [-0.2, 0) is 10.3 Å². The Hall–Kier alpha value is -3.02. The standard InChI is InChI=1S/C23H23FN2O3/c24-17-11-9-16(10-12-17)23(13-3-4-14-23)25-20(27)8-5-15-26-21(28)18-6-1-2-7-19(18)22(26)29/h1-2,6-7,9-12H,3-5,8,13-15H2,(H,25,27). The molecule has 0 saturated heterocycles. The summed E-state index contributed by atoms with van der Waals surface area (Å²) in [7, 11) is 0. The molecule has 1 saturated carbocycles. The number of halogens is 1. The number of hydrogen-bond donors (Lipinski definition) is 1. The number of imide groups is 1. The highest BCUT2D eigenvalue weighted by Gasteiger charge is 2.37. The van der Waals surface area contributed by atoms with Crippen molar-refractivity contribution >= 4 is 17.7 Å². The van der Waals surface area contributed by atoms with Crippen molar-refractivity contribution in [2.75, 3.05) is 6.54 Å². The number of carbonyl (C=O) groups excluding carboxylic acids is 3. The van der Waals surface area contributed by atoms with Crippen LogP contribution in [0.25, 0.3) is 0 Å². The first kappa shape index (κ1) is 19.3. The van der Waals surface area contributed by atoms with Gasteiger partial charge in [0.15, 0.2) is 0 Å². The van der Waals surface area contributed by atoms with Crippen LogP contribution in [-0.4, -0.2) is 29.2 Å². The van der Waals surface area contributed by atoms with Gasteiger partial charge in [0.05, 0.1) is 16.7 Å². The maximum Gasteiger partial charge on any atom is 0.261 e. The van der Waals surface area contributed by atoms with Crippen molar-refractivity contribution in [1.29, 1.82) is 0 Å². The molecule has 0 unspecified atom stereocenters. The number of rotatable bonds is 6. The number of nitrogens with one attached hydrogen (secondary N) is 1. The van der Waals surface area contributed by atoms with Gasteiger partial charge in [0.1, 0.15) is 5.82 Å². The topological polar surface area (TPSA) is 66.5 Å². The third-order valence-electron chi connectivity index (χ3n) is 5.90. The lowest BCUT2D eigenvalue weighted by Gasteiger charge is -2.31. The van der Waals surface area contributed by atoms with Crippen LogP contribution in [0.4, 0.5) is 4.39 Å². The molecule has 4 rings (SSSR count). The Balaban J connectivity index is 1.36. The molecule has 150 valence electrons. The van der Waals surface area contributed by atoms with E-state index < -0.39 is 5.54 Å². The van der Waals surface area contributed by atoms with Crippen molar-refractivity contribution in [3.8, 4) is 0 Å². The van der Waals surface area contributed by atoms with Crippen molar-refractivity contribution in [3.63, 3.8) is 0 Å². The van der Waals surface area contributed by atoms with Crippen molar-refractivity contribution in [2.45, 2.75) is 44.1 Å². The van der Waals surface area contributed by atoms with Crippen molar-refractivity contribution in [3.05, 3.63) is 71.0 Å². The minimum absolute atomic E-state index is 0.118. The average molecular weight is 394 g/mol. The first-order valence-corrected chi connectivity index (χ1v) is 10.0. The summed E-state index contributed by atoms with van der Waals surface area (Å²) in [5.41, 5.74) is 1.30. The molecule has 0 aromatic heterocycles. The molecule has 0 bridgehead atoms. The van der Waals surface area contributed by atoms with Crippen LogP contribution in [0.5, 0.6) is 0 Å². The van der Waals surface area contributed by atoms with Crippen molar-refractivity contribution < 1.29 is 18.8 Å². The summed E-state index contributed by atoms with van der Waals surface area (Å²) >= 11 is 0. The molecule has 1 heterocycles. The fourth-order valence-corrected chi connectivity index (χ4v) is 4.40. The van der Waals surface area contributed by atoms with Crippen LogP contribution in [0.3, 0.4) is 0 Å². The maximum atomic E-state index is 13.3. The normalized spacial score (nSPS) is 17.5. The Morgan fingerprint density at radius 1 is 0.966 bits per heavy atom. The minimum atomic E-state index is -0.458. The third kappa shape index (κ3) is 3.67. The van der Waals surface area contributed by atoms with Crippen LogP contribution in [0.1, 0.15) is 64.8 Å². The lowest BCUT2D eigenvalue weighted by Crippen LogP contribution is -2.44. The molecule has 0 spiro atoms. The molecule has 1 fully saturated rings. The molecule has 0 atom stereocenters. The summed E-state index contributed by atoms with van der Waals surface area (Å²) in [5.74, 6) is -1.02. The Morgan fingerprint density at radius 3 is 2.14 bits per heavy atom. The number of nitrogens with zero attached hydrogens (tertiary/aromatic N) is 1. The van der Waals surface area contributed by atoms with Crippen LogP contribution in [0, 0.1) is 5.82 Å². The van der Waals surface area contributed by atoms with Gasteiger partial charge in [-0.2, -0.15) is 0 Å². The third-order valence-corrected chi connectivity index (χ3v) is 5.90. The van der Waals surface area contributed by atoms with E-state index in [1.165, 1.54) is 17.0 Å². The van der Waals surface area contributed by atoms with Crippen LogP contribution in [0.15, 0.2) is 48.5 Å². The van der Waals surface area contributed by atoms with E-state index in [1.54, 1.807) is 36.4 Å². The fraction of sp³-hybridized carbons (Fsp3) is 0.348. The summed E-state index contributed by atoms with van der Waals surface area (Å²) in [5, 5.41) is 3.14. The number of hydrogen-bond acceptors (Lipinski definition) is 3. The maximum absolute atomic E-state index is 13.3. The molecular weight excluding hydrogens is 371 g/mol. The highest BCUT2D eigenvalue weighted by Crippen LogP contribution is 2.39. The van der Waals surface area contributed by atoms with E-state index in [4.69, 9.17) is 0 Å². The van der Waals surface area contributed by atoms with E-state index in [9.17, 15) is 18.8 Å². The lowest BCUT2D eigenvalue weighted by molar-refractivity contribution is -0.123. The Morgan fingerprint density at radius 2 is 1.55 bits per heavy atom. The molecule has 6 heteroatoms. The van der Waals surface area contributed by atoms with Crippen LogP contribution in [0.2, 0.25) is 0 Å². The van der Waals surface area contributed by atoms with Crippen LogP contribution < -0.4 is 5.32 Å². The number of amides is 3. The van der Waals surface area contributed by atoms with Gasteiger partial charge in [0.25, 0.3) is 11.8 Å². The SMILES string of the molecule is O=C(CCCN1C(=O)c2ccccc2C1=O)NC1(c2ccc(F)cc2)CCCC1. The first-order chi connectivity index (χ1) is 14.0. The zero-order valence-electron chi connectivity index (χ0n) is 16.1. The fourth-order valence-electron chi connectivity index (χ4n) is 4.40. The molecule has 2 aromatic rings. The minimum Gasteiger partial charge on any atom is -0.347 e. The van der Waals surface area contributed by atoms with Crippen LogP contribution >= 0.6 is 0 Å². The molecule has 1 aliphatic heterocycles. The largest absolute Gasteiger partial charge is 0.347 e. The van der Waals surface area contributed by atoms with E-state index >= 15 is 0 Å². The number of benzene rings is 2. The molecule has 1 N–H and O–H groups in total. The monoisotopic (exact) mass is 394 g/mol. The number of carbonyl (C=O) groups is 3. The molecule has 1 aliphatic carbocycles. The summed E-state index contributed by atoms with van der Waals surface area (Å²) in [4.78, 5) is 38.6. The molecule has 0 radical (unpaired) electrons. The molecule has 2 aliphatic rings. The highest BCUT2D eigenvalue weighted by molar-refractivity contribution is 6.21. The van der Waals surface area contributed by atoms with Gasteiger partial charge < -0.3 is 5.32 Å². The van der Waals surface area contributed by atoms with Gasteiger partial charge in [0, 0.05) is 13.0 Å². The van der Waals surface area contributed by atoms with E-state index in [-0.39, 0.29) is 36.5 Å². The Labute approximate surface area is 168 Å². The summed E-state index contributed by atoms with van der Waals surface area (Å²) in [6, 6.07) is 13.1. The van der Waals surface area contributed by atoms with E-state index in [1.807, 2.05) is 0 Å². The molecule has 5 nitrogen and oxygen atoms in total. The second kappa shape index (κ2) is 7.78. The summed E-state index contributed by atoms with van der Waals surface area (Å²) < 4.78 is 13.3. The van der Waals surface area contributed by atoms with Gasteiger partial charge in [-0.15, -0.1) is 0 Å². The summed E-state index contributed by atoms with van der Waals surface area (Å²) in [6.07, 6.45) is 4.28. The van der Waals surface area contributed by atoms with Gasteiger partial charge in [0.2, 0.25) is 5.91 Å².